The number of morpholine rings is 1. The Morgan fingerprint density at radius 1 is 1.50 bits per heavy atom. The Morgan fingerprint density at radius 3 is 2.89 bits per heavy atom. The smallest absolute Gasteiger partial charge is 0.226 e. The lowest BCUT2D eigenvalue weighted by Crippen LogP contribution is -2.43. The SMILES string of the molecule is N#Cc1ccc(NC(=O)CC2COCCN2)cc1. The predicted molar refractivity (Wildman–Crippen MR) is 67.0 cm³/mol. The number of carbonyl (C=O) groups excluding carboxylic acids is 1. The molecular formula is C13H15N3O2. The first kappa shape index (κ1) is 12.6. The van der Waals surface area contributed by atoms with Crippen LogP contribution >= 0.6 is 0 Å². The van der Waals surface area contributed by atoms with Gasteiger partial charge in [0.2, 0.25) is 5.91 Å². The van der Waals surface area contributed by atoms with E-state index in [1.807, 2.05) is 6.07 Å². The van der Waals surface area contributed by atoms with Crippen LogP contribution in [-0.4, -0.2) is 31.7 Å². The topological polar surface area (TPSA) is 74.2 Å². The first-order valence-electron chi connectivity index (χ1n) is 5.89. The molecule has 94 valence electrons. The van der Waals surface area contributed by atoms with Crippen molar-refractivity contribution in [2.24, 2.45) is 0 Å². The van der Waals surface area contributed by atoms with E-state index in [4.69, 9.17) is 10.00 Å². The Bertz CT molecular complexity index is 444. The van der Waals surface area contributed by atoms with Crippen LogP contribution in [-0.2, 0) is 9.53 Å². The molecule has 1 aromatic rings. The van der Waals surface area contributed by atoms with Crippen LogP contribution in [0.15, 0.2) is 24.3 Å². The van der Waals surface area contributed by atoms with E-state index in [0.717, 1.165) is 6.54 Å². The lowest BCUT2D eigenvalue weighted by molar-refractivity contribution is -0.117. The van der Waals surface area contributed by atoms with E-state index in [1.165, 1.54) is 0 Å². The number of nitrogens with one attached hydrogen (secondary N) is 2. The molecule has 2 N–H and O–H groups in total. The maximum Gasteiger partial charge on any atom is 0.226 e. The highest BCUT2D eigenvalue weighted by molar-refractivity contribution is 5.91. The minimum absolute atomic E-state index is 0.0530. The van der Waals surface area contributed by atoms with Crippen LogP contribution in [0.1, 0.15) is 12.0 Å². The van der Waals surface area contributed by atoms with E-state index in [1.54, 1.807) is 24.3 Å². The average molecular weight is 245 g/mol. The maximum atomic E-state index is 11.8. The van der Waals surface area contributed by atoms with Gasteiger partial charge in [0.15, 0.2) is 0 Å². The zero-order chi connectivity index (χ0) is 12.8. The molecule has 1 aliphatic rings. The largest absolute Gasteiger partial charge is 0.378 e. The van der Waals surface area contributed by atoms with Gasteiger partial charge < -0.3 is 15.4 Å². The number of hydrogen-bond donors (Lipinski definition) is 2. The number of ether oxygens (including phenoxy) is 1. The van der Waals surface area contributed by atoms with Gasteiger partial charge in [-0.05, 0) is 24.3 Å². The fourth-order valence-electron chi connectivity index (χ4n) is 1.81. The Balaban J connectivity index is 1.84. The first-order chi connectivity index (χ1) is 8.78. The molecule has 0 saturated carbocycles. The molecule has 1 aromatic carbocycles. The number of rotatable bonds is 3. The molecule has 1 unspecified atom stereocenters. The third-order valence-corrected chi connectivity index (χ3v) is 2.73. The van der Waals surface area contributed by atoms with Crippen molar-refractivity contribution < 1.29 is 9.53 Å². The lowest BCUT2D eigenvalue weighted by atomic mass is 10.2. The summed E-state index contributed by atoms with van der Waals surface area (Å²) in [6.07, 6.45) is 0.389. The van der Waals surface area contributed by atoms with Crippen molar-refractivity contribution in [2.45, 2.75) is 12.5 Å². The van der Waals surface area contributed by atoms with Gasteiger partial charge in [-0.2, -0.15) is 5.26 Å². The fraction of sp³-hybridized carbons (Fsp3) is 0.385. The van der Waals surface area contributed by atoms with Crippen LogP contribution in [0.2, 0.25) is 0 Å². The van der Waals surface area contributed by atoms with Crippen molar-refractivity contribution in [1.82, 2.24) is 5.32 Å². The quantitative estimate of drug-likeness (QED) is 0.829. The number of nitrogens with zero attached hydrogens (tertiary/aromatic N) is 1. The number of nitriles is 1. The Morgan fingerprint density at radius 2 is 2.28 bits per heavy atom. The molecule has 5 heteroatoms. The van der Waals surface area contributed by atoms with Gasteiger partial charge in [0, 0.05) is 24.7 Å². The molecule has 18 heavy (non-hydrogen) atoms. The molecule has 1 heterocycles. The number of benzene rings is 1. The first-order valence-corrected chi connectivity index (χ1v) is 5.89. The number of hydrogen-bond acceptors (Lipinski definition) is 4. The van der Waals surface area contributed by atoms with Crippen molar-refractivity contribution in [3.8, 4) is 6.07 Å². The van der Waals surface area contributed by atoms with Gasteiger partial charge in [0.1, 0.15) is 0 Å². The second kappa shape index (κ2) is 6.15. The van der Waals surface area contributed by atoms with E-state index in [2.05, 4.69) is 10.6 Å². The Kier molecular flexibility index (Phi) is 4.29. The second-order valence-electron chi connectivity index (χ2n) is 4.17. The van der Waals surface area contributed by atoms with Crippen LogP contribution in [0.4, 0.5) is 5.69 Å². The van der Waals surface area contributed by atoms with E-state index < -0.39 is 0 Å². The minimum atomic E-state index is -0.0530. The van der Waals surface area contributed by atoms with Gasteiger partial charge in [-0.25, -0.2) is 0 Å². The van der Waals surface area contributed by atoms with E-state index >= 15 is 0 Å². The highest BCUT2D eigenvalue weighted by atomic mass is 16.5. The summed E-state index contributed by atoms with van der Waals surface area (Å²) in [6.45, 7) is 2.06. The number of amides is 1. The maximum absolute atomic E-state index is 11.8. The zero-order valence-corrected chi connectivity index (χ0v) is 9.98. The molecule has 0 aromatic heterocycles. The van der Waals surface area contributed by atoms with Crippen molar-refractivity contribution in [1.29, 1.82) is 5.26 Å². The van der Waals surface area contributed by atoms with Gasteiger partial charge in [0.05, 0.1) is 24.8 Å². The standard InChI is InChI=1S/C13H15N3O2/c14-8-10-1-3-11(4-2-10)16-13(17)7-12-9-18-6-5-15-12/h1-4,12,15H,5-7,9H2,(H,16,17). The molecule has 0 radical (unpaired) electrons. The van der Waals surface area contributed by atoms with Gasteiger partial charge in [-0.15, -0.1) is 0 Å². The lowest BCUT2D eigenvalue weighted by Gasteiger charge is -2.23. The van der Waals surface area contributed by atoms with Crippen LogP contribution in [0.25, 0.3) is 0 Å². The highest BCUT2D eigenvalue weighted by Crippen LogP contribution is 2.10. The summed E-state index contributed by atoms with van der Waals surface area (Å²) in [7, 11) is 0. The molecule has 0 spiro atoms. The van der Waals surface area contributed by atoms with Crippen LogP contribution in [0, 0.1) is 11.3 Å². The Hall–Kier alpha value is -1.90. The summed E-state index contributed by atoms with van der Waals surface area (Å²) in [5, 5.41) is 14.7. The van der Waals surface area contributed by atoms with Crippen molar-refractivity contribution in [2.75, 3.05) is 25.1 Å². The van der Waals surface area contributed by atoms with Gasteiger partial charge >= 0.3 is 0 Å². The van der Waals surface area contributed by atoms with Crippen molar-refractivity contribution in [3.63, 3.8) is 0 Å². The molecule has 2 rings (SSSR count). The summed E-state index contributed by atoms with van der Waals surface area (Å²) in [4.78, 5) is 11.8. The molecule has 0 bridgehead atoms. The van der Waals surface area contributed by atoms with Crippen molar-refractivity contribution in [3.05, 3.63) is 29.8 Å². The molecular weight excluding hydrogens is 230 g/mol. The van der Waals surface area contributed by atoms with Gasteiger partial charge in [-0.1, -0.05) is 0 Å². The average Bonchev–Trinajstić information content (AvgIpc) is 2.40. The van der Waals surface area contributed by atoms with Crippen molar-refractivity contribution >= 4 is 11.6 Å². The summed E-state index contributed by atoms with van der Waals surface area (Å²) in [5.74, 6) is -0.0530. The monoisotopic (exact) mass is 245 g/mol. The normalized spacial score (nSPS) is 18.9. The number of carbonyl (C=O) groups is 1. The van der Waals surface area contributed by atoms with Gasteiger partial charge in [0.25, 0.3) is 0 Å². The summed E-state index contributed by atoms with van der Waals surface area (Å²) >= 11 is 0. The van der Waals surface area contributed by atoms with Gasteiger partial charge in [-0.3, -0.25) is 4.79 Å². The van der Waals surface area contributed by atoms with E-state index in [9.17, 15) is 4.79 Å². The molecule has 5 nitrogen and oxygen atoms in total. The molecule has 0 aliphatic carbocycles. The highest BCUT2D eigenvalue weighted by Gasteiger charge is 2.16. The Labute approximate surface area is 106 Å². The zero-order valence-electron chi connectivity index (χ0n) is 9.98. The predicted octanol–water partition coefficient (Wildman–Crippen LogP) is 0.875. The molecule has 1 saturated heterocycles. The van der Waals surface area contributed by atoms with E-state index in [-0.39, 0.29) is 11.9 Å². The fourth-order valence-corrected chi connectivity index (χ4v) is 1.81. The summed E-state index contributed by atoms with van der Waals surface area (Å²) in [5.41, 5.74) is 1.28. The van der Waals surface area contributed by atoms with E-state index in [0.29, 0.717) is 30.9 Å². The third-order valence-electron chi connectivity index (χ3n) is 2.73. The molecule has 1 atom stereocenters. The summed E-state index contributed by atoms with van der Waals surface area (Å²) < 4.78 is 5.28. The third kappa shape index (κ3) is 3.55. The molecule has 1 aliphatic heterocycles. The minimum Gasteiger partial charge on any atom is -0.378 e. The molecule has 1 amide bonds. The van der Waals surface area contributed by atoms with Crippen LogP contribution in [0.5, 0.6) is 0 Å². The van der Waals surface area contributed by atoms with Crippen LogP contribution in [0.3, 0.4) is 0 Å². The van der Waals surface area contributed by atoms with Crippen LogP contribution < -0.4 is 10.6 Å². The second-order valence-corrected chi connectivity index (χ2v) is 4.17. The number of anilines is 1. The molecule has 1 fully saturated rings. The summed E-state index contributed by atoms with van der Waals surface area (Å²) in [6, 6.07) is 8.92.